The molecule has 0 saturated heterocycles. The van der Waals surface area contributed by atoms with Gasteiger partial charge in [0.1, 0.15) is 6.54 Å². The van der Waals surface area contributed by atoms with Crippen molar-refractivity contribution in [3.8, 4) is 0 Å². The first-order valence-corrected chi connectivity index (χ1v) is 8.14. The van der Waals surface area contributed by atoms with Gasteiger partial charge in [-0.05, 0) is 12.0 Å². The third-order valence-corrected chi connectivity index (χ3v) is 3.67. The second-order valence-corrected chi connectivity index (χ2v) is 6.48. The van der Waals surface area contributed by atoms with Gasteiger partial charge < -0.3 is 15.5 Å². The number of carbonyl (C=O) groups is 1. The van der Waals surface area contributed by atoms with Crippen molar-refractivity contribution in [3.05, 3.63) is 35.9 Å². The van der Waals surface area contributed by atoms with Crippen molar-refractivity contribution < 1.29 is 4.79 Å². The van der Waals surface area contributed by atoms with E-state index in [2.05, 4.69) is 60.7 Å². The minimum absolute atomic E-state index is 0. The van der Waals surface area contributed by atoms with Crippen molar-refractivity contribution in [3.63, 3.8) is 0 Å². The average molecular weight is 446 g/mol. The minimum Gasteiger partial charge on any atom is -0.356 e. The number of hydrogen-bond donors (Lipinski definition) is 2. The first-order valence-electron chi connectivity index (χ1n) is 8.14. The SMILES string of the molecule is CCCNC(=NCC(=O)N(C)C)NCC(C)(C)c1ccccc1.I. The Bertz CT molecular complexity index is 515. The van der Waals surface area contributed by atoms with Crippen molar-refractivity contribution in [2.24, 2.45) is 4.99 Å². The summed E-state index contributed by atoms with van der Waals surface area (Å²) in [6, 6.07) is 10.4. The summed E-state index contributed by atoms with van der Waals surface area (Å²) in [6.07, 6.45) is 1.00. The van der Waals surface area contributed by atoms with E-state index in [9.17, 15) is 4.79 Å². The average Bonchev–Trinajstić information content (AvgIpc) is 2.54. The fraction of sp³-hybridized carbons (Fsp3) is 0.556. The Kier molecular flexibility index (Phi) is 10.7. The molecule has 0 radical (unpaired) electrons. The predicted molar refractivity (Wildman–Crippen MR) is 112 cm³/mol. The molecule has 1 rings (SSSR count). The van der Waals surface area contributed by atoms with E-state index in [0.29, 0.717) is 5.96 Å². The van der Waals surface area contributed by atoms with Crippen LogP contribution in [0.5, 0.6) is 0 Å². The van der Waals surface area contributed by atoms with E-state index in [1.165, 1.54) is 5.56 Å². The molecule has 0 heterocycles. The normalized spacial score (nSPS) is 11.5. The van der Waals surface area contributed by atoms with Crippen molar-refractivity contribution in [2.75, 3.05) is 33.7 Å². The molecular formula is C18H31IN4O. The zero-order chi connectivity index (χ0) is 17.3. The van der Waals surface area contributed by atoms with Crippen LogP contribution in [-0.2, 0) is 10.2 Å². The molecule has 1 aromatic carbocycles. The molecule has 0 saturated carbocycles. The number of amides is 1. The summed E-state index contributed by atoms with van der Waals surface area (Å²) in [5, 5.41) is 6.61. The van der Waals surface area contributed by atoms with E-state index in [4.69, 9.17) is 0 Å². The summed E-state index contributed by atoms with van der Waals surface area (Å²) in [7, 11) is 3.48. The monoisotopic (exact) mass is 446 g/mol. The van der Waals surface area contributed by atoms with Crippen LogP contribution in [0, 0.1) is 0 Å². The molecule has 0 fully saturated rings. The number of nitrogens with zero attached hydrogens (tertiary/aromatic N) is 2. The molecule has 0 atom stereocenters. The van der Waals surface area contributed by atoms with Crippen molar-refractivity contribution in [1.82, 2.24) is 15.5 Å². The molecule has 0 aliphatic rings. The van der Waals surface area contributed by atoms with Gasteiger partial charge in [0.25, 0.3) is 0 Å². The molecule has 136 valence electrons. The van der Waals surface area contributed by atoms with Crippen LogP contribution >= 0.6 is 24.0 Å². The number of guanidine groups is 1. The molecule has 0 bridgehead atoms. The van der Waals surface area contributed by atoms with Gasteiger partial charge in [0.05, 0.1) is 0 Å². The fourth-order valence-corrected chi connectivity index (χ4v) is 2.00. The molecule has 1 aromatic rings. The van der Waals surface area contributed by atoms with E-state index in [1.54, 1.807) is 19.0 Å². The van der Waals surface area contributed by atoms with Gasteiger partial charge >= 0.3 is 0 Å². The largest absolute Gasteiger partial charge is 0.356 e. The highest BCUT2D eigenvalue weighted by atomic mass is 127. The van der Waals surface area contributed by atoms with Crippen LogP contribution in [0.4, 0.5) is 0 Å². The lowest BCUT2D eigenvalue weighted by Gasteiger charge is -2.27. The van der Waals surface area contributed by atoms with Crippen LogP contribution in [0.1, 0.15) is 32.8 Å². The molecule has 0 aliphatic carbocycles. The van der Waals surface area contributed by atoms with Crippen molar-refractivity contribution in [2.45, 2.75) is 32.6 Å². The first-order chi connectivity index (χ1) is 10.9. The summed E-state index contributed by atoms with van der Waals surface area (Å²) in [4.78, 5) is 17.6. The number of hydrogen-bond acceptors (Lipinski definition) is 2. The Labute approximate surface area is 163 Å². The summed E-state index contributed by atoms with van der Waals surface area (Å²) >= 11 is 0. The minimum atomic E-state index is -0.0263. The highest BCUT2D eigenvalue weighted by Gasteiger charge is 2.20. The summed E-state index contributed by atoms with van der Waals surface area (Å²) in [5.74, 6) is 0.677. The van der Waals surface area contributed by atoms with Gasteiger partial charge in [0.2, 0.25) is 5.91 Å². The topological polar surface area (TPSA) is 56.7 Å². The maximum Gasteiger partial charge on any atom is 0.243 e. The van der Waals surface area contributed by atoms with Crippen LogP contribution in [-0.4, -0.2) is 50.5 Å². The van der Waals surface area contributed by atoms with E-state index in [1.807, 2.05) is 6.07 Å². The first kappa shape index (κ1) is 22.7. The molecule has 1 amide bonds. The molecule has 0 spiro atoms. The zero-order valence-corrected chi connectivity index (χ0v) is 17.8. The molecule has 6 heteroatoms. The lowest BCUT2D eigenvalue weighted by Crippen LogP contribution is -2.44. The van der Waals surface area contributed by atoms with Crippen LogP contribution in [0.3, 0.4) is 0 Å². The quantitative estimate of drug-likeness (QED) is 0.385. The third kappa shape index (κ3) is 7.99. The number of benzene rings is 1. The van der Waals surface area contributed by atoms with Crippen LogP contribution in [0.25, 0.3) is 0 Å². The molecule has 24 heavy (non-hydrogen) atoms. The summed E-state index contributed by atoms with van der Waals surface area (Å²) in [5.41, 5.74) is 1.24. The number of nitrogens with one attached hydrogen (secondary N) is 2. The molecule has 0 unspecified atom stereocenters. The maximum absolute atomic E-state index is 11.7. The van der Waals surface area contributed by atoms with Crippen LogP contribution in [0.15, 0.2) is 35.3 Å². The van der Waals surface area contributed by atoms with E-state index in [0.717, 1.165) is 19.5 Å². The predicted octanol–water partition coefficient (Wildman–Crippen LogP) is 2.62. The van der Waals surface area contributed by atoms with Crippen molar-refractivity contribution in [1.29, 1.82) is 0 Å². The molecule has 2 N–H and O–H groups in total. The number of rotatable bonds is 7. The molecular weight excluding hydrogens is 415 g/mol. The van der Waals surface area contributed by atoms with Gasteiger partial charge in [-0.3, -0.25) is 4.79 Å². The molecule has 0 aromatic heterocycles. The maximum atomic E-state index is 11.7. The van der Waals surface area contributed by atoms with E-state index >= 15 is 0 Å². The van der Waals surface area contributed by atoms with E-state index < -0.39 is 0 Å². The van der Waals surface area contributed by atoms with Gasteiger partial charge in [-0.25, -0.2) is 4.99 Å². The second-order valence-electron chi connectivity index (χ2n) is 6.48. The van der Waals surface area contributed by atoms with Crippen LogP contribution < -0.4 is 10.6 Å². The van der Waals surface area contributed by atoms with Crippen LogP contribution in [0.2, 0.25) is 0 Å². The standard InChI is InChI=1S/C18H30N4O.HI/c1-6-12-19-17(20-13-16(23)22(4)5)21-14-18(2,3)15-10-8-7-9-11-15;/h7-11H,6,12-14H2,1-5H3,(H2,19,20,21);1H. The number of aliphatic imine (C=N–C) groups is 1. The molecule has 5 nitrogen and oxygen atoms in total. The summed E-state index contributed by atoms with van der Waals surface area (Å²) in [6.45, 7) is 8.20. The zero-order valence-electron chi connectivity index (χ0n) is 15.4. The number of halogens is 1. The Morgan fingerprint density at radius 3 is 2.33 bits per heavy atom. The lowest BCUT2D eigenvalue weighted by molar-refractivity contribution is -0.127. The van der Waals surface area contributed by atoms with Gasteiger partial charge in [-0.15, -0.1) is 24.0 Å². The third-order valence-electron chi connectivity index (χ3n) is 3.67. The lowest BCUT2D eigenvalue weighted by atomic mass is 9.85. The number of likely N-dealkylation sites (N-methyl/N-ethyl adjacent to an activating group) is 1. The highest BCUT2D eigenvalue weighted by molar-refractivity contribution is 14.0. The smallest absolute Gasteiger partial charge is 0.243 e. The van der Waals surface area contributed by atoms with Gasteiger partial charge in [0, 0.05) is 32.6 Å². The Hall–Kier alpha value is -1.31. The fourth-order valence-electron chi connectivity index (χ4n) is 2.00. The highest BCUT2D eigenvalue weighted by Crippen LogP contribution is 2.21. The van der Waals surface area contributed by atoms with Gasteiger partial charge in [0.15, 0.2) is 5.96 Å². The summed E-state index contributed by atoms with van der Waals surface area (Å²) < 4.78 is 0. The van der Waals surface area contributed by atoms with Gasteiger partial charge in [-0.1, -0.05) is 51.1 Å². The van der Waals surface area contributed by atoms with Crippen molar-refractivity contribution >= 4 is 35.8 Å². The molecule has 0 aliphatic heterocycles. The van der Waals surface area contributed by atoms with Gasteiger partial charge in [-0.2, -0.15) is 0 Å². The number of carbonyl (C=O) groups excluding carboxylic acids is 1. The van der Waals surface area contributed by atoms with E-state index in [-0.39, 0.29) is 41.8 Å². The Morgan fingerprint density at radius 2 is 1.79 bits per heavy atom. The second kappa shape index (κ2) is 11.3. The Morgan fingerprint density at radius 1 is 1.17 bits per heavy atom. The Balaban J connectivity index is 0.00000529.